The van der Waals surface area contributed by atoms with E-state index in [-0.39, 0.29) is 17.1 Å². The molecule has 0 saturated carbocycles. The molecule has 1 N–H and O–H groups in total. The summed E-state index contributed by atoms with van der Waals surface area (Å²) < 4.78 is 0. The highest BCUT2D eigenvalue weighted by Gasteiger charge is 2.27. The molecule has 1 aliphatic carbocycles. The predicted molar refractivity (Wildman–Crippen MR) is 72.2 cm³/mol. The Morgan fingerprint density at radius 3 is 2.56 bits per heavy atom. The predicted octanol–water partition coefficient (Wildman–Crippen LogP) is 1.78. The quantitative estimate of drug-likeness (QED) is 0.821. The summed E-state index contributed by atoms with van der Waals surface area (Å²) in [5, 5.41) is 9.98. The van der Waals surface area contributed by atoms with E-state index in [1.54, 1.807) is 24.3 Å². The Morgan fingerprint density at radius 2 is 1.94 bits per heavy atom. The number of rotatable bonds is 4. The molecule has 0 radical (unpaired) electrons. The summed E-state index contributed by atoms with van der Waals surface area (Å²) in [6.45, 7) is 1.42. The maximum atomic E-state index is 12.0. The number of aliphatic hydroxyl groups is 1. The van der Waals surface area contributed by atoms with E-state index in [0.29, 0.717) is 17.7 Å². The molecule has 0 spiro atoms. The summed E-state index contributed by atoms with van der Waals surface area (Å²) in [5.41, 5.74) is 1.43. The van der Waals surface area contributed by atoms with Crippen LogP contribution in [-0.4, -0.2) is 49.2 Å². The van der Waals surface area contributed by atoms with Crippen LogP contribution in [0.2, 0.25) is 0 Å². The molecule has 2 rings (SSSR count). The first kappa shape index (κ1) is 12.5. The van der Waals surface area contributed by atoms with Crippen molar-refractivity contribution in [3.8, 4) is 0 Å². The topological polar surface area (TPSA) is 52.9 Å². The molecule has 0 aromatic heterocycles. The molecule has 0 unspecified atom stereocenters. The lowest BCUT2D eigenvalue weighted by Gasteiger charge is -2.05. The molecule has 1 aromatic carbocycles. The van der Waals surface area contributed by atoms with Crippen molar-refractivity contribution in [1.29, 1.82) is 0 Å². The van der Waals surface area contributed by atoms with Crippen LogP contribution in [0.4, 0.5) is 0 Å². The van der Waals surface area contributed by atoms with Crippen LogP contribution in [0.5, 0.6) is 0 Å². The van der Waals surface area contributed by atoms with Gasteiger partial charge in [0.1, 0.15) is 5.76 Å². The van der Waals surface area contributed by atoms with E-state index in [1.165, 1.54) is 6.21 Å². The van der Waals surface area contributed by atoms with Crippen molar-refractivity contribution < 1.29 is 9.90 Å². The number of aliphatic hydroxyl groups excluding tert-OH is 1. The van der Waals surface area contributed by atoms with Crippen LogP contribution in [0.25, 0.3) is 5.76 Å². The second-order valence-corrected chi connectivity index (χ2v) is 4.48. The van der Waals surface area contributed by atoms with Gasteiger partial charge in [0.2, 0.25) is 0 Å². The molecule has 0 amide bonds. The van der Waals surface area contributed by atoms with Gasteiger partial charge in [-0.25, -0.2) is 0 Å². The van der Waals surface area contributed by atoms with Gasteiger partial charge in [-0.15, -0.1) is 0 Å². The van der Waals surface area contributed by atoms with Gasteiger partial charge in [0.15, 0.2) is 5.78 Å². The van der Waals surface area contributed by atoms with Crippen LogP contribution in [0.3, 0.4) is 0 Å². The summed E-state index contributed by atoms with van der Waals surface area (Å²) in [7, 11) is 3.92. The smallest absolute Gasteiger partial charge is 0.199 e. The third kappa shape index (κ3) is 2.33. The van der Waals surface area contributed by atoms with Crippen LogP contribution in [0.15, 0.2) is 34.8 Å². The minimum absolute atomic E-state index is 0.0317. The summed E-state index contributed by atoms with van der Waals surface area (Å²) in [6.07, 6.45) is 1.47. The Balaban J connectivity index is 2.16. The highest BCUT2D eigenvalue weighted by atomic mass is 16.3. The van der Waals surface area contributed by atoms with E-state index in [0.717, 1.165) is 6.54 Å². The number of likely N-dealkylation sites (N-methyl/N-ethyl adjacent to an activating group) is 1. The highest BCUT2D eigenvalue weighted by Crippen LogP contribution is 2.29. The van der Waals surface area contributed by atoms with E-state index in [4.69, 9.17) is 0 Å². The number of carbonyl (C=O) groups is 1. The fourth-order valence-electron chi connectivity index (χ4n) is 1.82. The minimum Gasteiger partial charge on any atom is -0.506 e. The van der Waals surface area contributed by atoms with Gasteiger partial charge in [0, 0.05) is 23.9 Å². The zero-order chi connectivity index (χ0) is 13.1. The molecule has 0 atom stereocenters. The van der Waals surface area contributed by atoms with Crippen LogP contribution < -0.4 is 0 Å². The van der Waals surface area contributed by atoms with Crippen molar-refractivity contribution in [2.24, 2.45) is 4.99 Å². The van der Waals surface area contributed by atoms with E-state index < -0.39 is 0 Å². The Kier molecular flexibility index (Phi) is 3.58. The van der Waals surface area contributed by atoms with Crippen molar-refractivity contribution >= 4 is 17.8 Å². The minimum atomic E-state index is -0.156. The van der Waals surface area contributed by atoms with Crippen LogP contribution >= 0.6 is 0 Å². The number of Topliss-reactive ketones (excluding diaryl/α,β-unsaturated/α-hetero) is 1. The van der Waals surface area contributed by atoms with Gasteiger partial charge >= 0.3 is 0 Å². The average Bonchev–Trinajstić information content (AvgIpc) is 2.59. The zero-order valence-corrected chi connectivity index (χ0v) is 10.6. The molecule has 18 heavy (non-hydrogen) atoms. The van der Waals surface area contributed by atoms with E-state index in [2.05, 4.69) is 4.99 Å². The largest absolute Gasteiger partial charge is 0.506 e. The number of aliphatic imine (C=N–C) groups is 1. The lowest BCUT2D eigenvalue weighted by atomic mass is 10.1. The molecule has 0 saturated heterocycles. The highest BCUT2D eigenvalue weighted by molar-refractivity contribution is 6.30. The van der Waals surface area contributed by atoms with Crippen molar-refractivity contribution in [3.63, 3.8) is 0 Å². The monoisotopic (exact) mass is 244 g/mol. The molecule has 1 aliphatic rings. The van der Waals surface area contributed by atoms with Crippen LogP contribution in [-0.2, 0) is 0 Å². The second kappa shape index (κ2) is 5.14. The van der Waals surface area contributed by atoms with E-state index >= 15 is 0 Å². The lowest BCUT2D eigenvalue weighted by Crippen LogP contribution is -2.15. The summed E-state index contributed by atoms with van der Waals surface area (Å²) in [6, 6.07) is 7.04. The average molecular weight is 244 g/mol. The summed E-state index contributed by atoms with van der Waals surface area (Å²) in [5.74, 6) is -0.124. The number of benzene rings is 1. The molecular weight excluding hydrogens is 228 g/mol. The van der Waals surface area contributed by atoms with Gasteiger partial charge in [-0.2, -0.15) is 0 Å². The van der Waals surface area contributed by atoms with Crippen LogP contribution in [0.1, 0.15) is 15.9 Å². The van der Waals surface area contributed by atoms with Gasteiger partial charge in [0.05, 0.1) is 12.1 Å². The maximum Gasteiger partial charge on any atom is 0.199 e. The fourth-order valence-corrected chi connectivity index (χ4v) is 1.82. The van der Waals surface area contributed by atoms with Crippen molar-refractivity contribution in [1.82, 2.24) is 4.90 Å². The van der Waals surface area contributed by atoms with Crippen LogP contribution in [0, 0.1) is 0 Å². The number of allylic oxidation sites excluding steroid dienone is 1. The molecule has 0 bridgehead atoms. The first-order valence-corrected chi connectivity index (χ1v) is 5.83. The fraction of sp³-hybridized carbons (Fsp3) is 0.286. The van der Waals surface area contributed by atoms with Gasteiger partial charge in [-0.1, -0.05) is 24.3 Å². The van der Waals surface area contributed by atoms with Gasteiger partial charge in [-0.05, 0) is 14.1 Å². The Morgan fingerprint density at radius 1 is 1.28 bits per heavy atom. The Bertz CT molecular complexity index is 530. The van der Waals surface area contributed by atoms with Crippen molar-refractivity contribution in [3.05, 3.63) is 41.0 Å². The van der Waals surface area contributed by atoms with E-state index in [9.17, 15) is 9.90 Å². The van der Waals surface area contributed by atoms with Gasteiger partial charge in [-0.3, -0.25) is 9.79 Å². The molecule has 0 heterocycles. The first-order valence-electron chi connectivity index (χ1n) is 5.83. The van der Waals surface area contributed by atoms with E-state index in [1.807, 2.05) is 19.0 Å². The molecule has 4 nitrogen and oxygen atoms in total. The normalized spacial score (nSPS) is 14.9. The standard InChI is InChI=1S/C14H16N2O2/c1-16(2)8-7-15-9-12-13(17)10-5-3-4-6-11(10)14(12)18/h3-6,9,17H,7-8H2,1-2H3. The molecule has 4 heteroatoms. The molecular formula is C14H16N2O2. The van der Waals surface area contributed by atoms with Gasteiger partial charge in [0.25, 0.3) is 0 Å². The third-order valence-corrected chi connectivity index (χ3v) is 2.82. The number of nitrogens with zero attached hydrogens (tertiary/aromatic N) is 2. The number of fused-ring (bicyclic) bond motifs is 1. The zero-order valence-electron chi connectivity index (χ0n) is 10.6. The van der Waals surface area contributed by atoms with Gasteiger partial charge < -0.3 is 10.0 Å². The van der Waals surface area contributed by atoms with Crippen molar-refractivity contribution in [2.75, 3.05) is 27.2 Å². The third-order valence-electron chi connectivity index (χ3n) is 2.82. The summed E-state index contributed by atoms with van der Waals surface area (Å²) >= 11 is 0. The second-order valence-electron chi connectivity index (χ2n) is 4.48. The summed E-state index contributed by atoms with van der Waals surface area (Å²) in [4.78, 5) is 18.2. The first-order chi connectivity index (χ1) is 8.61. The molecule has 1 aromatic rings. The van der Waals surface area contributed by atoms with Crippen molar-refractivity contribution in [2.45, 2.75) is 0 Å². The molecule has 94 valence electrons. The number of ketones is 1. The number of hydrogen-bond acceptors (Lipinski definition) is 4. The lowest BCUT2D eigenvalue weighted by molar-refractivity contribution is 0.104. The number of carbonyl (C=O) groups excluding carboxylic acids is 1. The maximum absolute atomic E-state index is 12.0. The number of hydrogen-bond donors (Lipinski definition) is 1. The molecule has 0 aliphatic heterocycles. The molecule has 0 fully saturated rings. The Labute approximate surface area is 106 Å². The SMILES string of the molecule is CN(C)CCN=CC1=C(O)c2ccccc2C1=O. The Hall–Kier alpha value is -1.94.